The van der Waals surface area contributed by atoms with Crippen LogP contribution in [0.4, 0.5) is 0 Å². The fourth-order valence-corrected chi connectivity index (χ4v) is 3.87. The Morgan fingerprint density at radius 1 is 1.04 bits per heavy atom. The molecule has 27 heavy (non-hydrogen) atoms. The number of furan rings is 1. The Morgan fingerprint density at radius 3 is 2.56 bits per heavy atom. The van der Waals surface area contributed by atoms with E-state index in [0.29, 0.717) is 12.3 Å². The highest BCUT2D eigenvalue weighted by Crippen LogP contribution is 2.31. The predicted molar refractivity (Wildman–Crippen MR) is 109 cm³/mol. The van der Waals surface area contributed by atoms with Gasteiger partial charge in [0.1, 0.15) is 5.76 Å². The van der Waals surface area contributed by atoms with Crippen molar-refractivity contribution in [1.29, 1.82) is 0 Å². The van der Waals surface area contributed by atoms with Crippen molar-refractivity contribution in [3.8, 4) is 10.8 Å². The molecule has 0 atom stereocenters. The van der Waals surface area contributed by atoms with Crippen LogP contribution in [-0.4, -0.2) is 10.9 Å². The van der Waals surface area contributed by atoms with Gasteiger partial charge in [0.25, 0.3) is 0 Å². The van der Waals surface area contributed by atoms with Crippen LogP contribution in [0.3, 0.4) is 0 Å². The number of aromatic nitrogens is 1. The van der Waals surface area contributed by atoms with Crippen molar-refractivity contribution < 1.29 is 9.21 Å². The van der Waals surface area contributed by atoms with E-state index in [-0.39, 0.29) is 5.91 Å². The molecule has 4 rings (SSSR count). The summed E-state index contributed by atoms with van der Waals surface area (Å²) < 4.78 is 7.03. The maximum Gasteiger partial charge on any atom is 0.230 e. The number of carbonyl (C=O) groups excluding carboxylic acids is 1. The number of benzene rings is 2. The number of thiazole rings is 1. The van der Waals surface area contributed by atoms with Gasteiger partial charge in [0.2, 0.25) is 5.91 Å². The minimum absolute atomic E-state index is 0.0355. The fraction of sp³-hybridized carbons (Fsp3) is 0.182. The molecule has 0 unspecified atom stereocenters. The van der Waals surface area contributed by atoms with Crippen molar-refractivity contribution in [1.82, 2.24) is 10.3 Å². The number of para-hydroxylation sites is 1. The van der Waals surface area contributed by atoms with Gasteiger partial charge in [-0.3, -0.25) is 4.79 Å². The first kappa shape index (κ1) is 17.5. The molecule has 4 aromatic rings. The van der Waals surface area contributed by atoms with E-state index in [1.807, 2.05) is 80.6 Å². The highest BCUT2D eigenvalue weighted by atomic mass is 32.1. The second kappa shape index (κ2) is 7.00. The smallest absolute Gasteiger partial charge is 0.230 e. The van der Waals surface area contributed by atoms with Crippen LogP contribution in [0.5, 0.6) is 0 Å². The monoisotopic (exact) mass is 376 g/mol. The molecule has 0 spiro atoms. The van der Waals surface area contributed by atoms with Crippen LogP contribution in [0.15, 0.2) is 71.1 Å². The highest BCUT2D eigenvalue weighted by Gasteiger charge is 2.29. The van der Waals surface area contributed by atoms with Crippen molar-refractivity contribution in [3.05, 3.63) is 78.1 Å². The quantitative estimate of drug-likeness (QED) is 0.524. The maximum atomic E-state index is 12.7. The Balaban J connectivity index is 1.46. The van der Waals surface area contributed by atoms with Gasteiger partial charge in [0, 0.05) is 0 Å². The van der Waals surface area contributed by atoms with E-state index in [0.717, 1.165) is 26.5 Å². The maximum absolute atomic E-state index is 12.7. The van der Waals surface area contributed by atoms with Crippen molar-refractivity contribution in [2.75, 3.05) is 0 Å². The molecule has 0 aliphatic heterocycles. The minimum atomic E-state index is -0.607. The molecule has 136 valence electrons. The molecule has 0 saturated carbocycles. The van der Waals surface area contributed by atoms with Crippen LogP contribution in [0.1, 0.15) is 25.2 Å². The lowest BCUT2D eigenvalue weighted by Gasteiger charge is -2.23. The Morgan fingerprint density at radius 2 is 1.78 bits per heavy atom. The van der Waals surface area contributed by atoms with Crippen molar-refractivity contribution in [3.63, 3.8) is 0 Å². The average molecular weight is 376 g/mol. The Bertz CT molecular complexity index is 1050. The highest BCUT2D eigenvalue weighted by molar-refractivity contribution is 7.21. The number of nitrogens with zero attached hydrogens (tertiary/aromatic N) is 1. The third-order valence-corrected chi connectivity index (χ3v) is 5.70. The van der Waals surface area contributed by atoms with Gasteiger partial charge in [-0.05, 0) is 43.7 Å². The summed E-state index contributed by atoms with van der Waals surface area (Å²) in [5, 5.41) is 3.83. The van der Waals surface area contributed by atoms with E-state index in [1.54, 1.807) is 11.3 Å². The van der Waals surface area contributed by atoms with Crippen LogP contribution < -0.4 is 5.32 Å². The van der Waals surface area contributed by atoms with Gasteiger partial charge in [-0.25, -0.2) is 4.98 Å². The molecule has 2 aromatic heterocycles. The number of amides is 1. The van der Waals surface area contributed by atoms with E-state index < -0.39 is 5.41 Å². The summed E-state index contributed by atoms with van der Waals surface area (Å²) in [7, 11) is 0. The minimum Gasteiger partial charge on any atom is -0.457 e. The van der Waals surface area contributed by atoms with E-state index in [4.69, 9.17) is 4.42 Å². The second-order valence-electron chi connectivity index (χ2n) is 6.93. The lowest BCUT2D eigenvalue weighted by Crippen LogP contribution is -2.39. The zero-order valence-corrected chi connectivity index (χ0v) is 16.0. The van der Waals surface area contributed by atoms with E-state index in [2.05, 4.69) is 10.3 Å². The van der Waals surface area contributed by atoms with Crippen LogP contribution >= 0.6 is 11.3 Å². The SMILES string of the molecule is CC(C)(C(=O)NCc1ccc(-c2nc3ccccc3s2)o1)c1ccccc1. The Kier molecular flexibility index (Phi) is 4.54. The standard InChI is InChI=1S/C22H20N2O2S/c1-22(2,15-8-4-3-5-9-15)21(25)23-14-16-12-13-18(26-16)20-24-17-10-6-7-11-19(17)27-20/h3-13H,14H2,1-2H3,(H,23,25). The van der Waals surface area contributed by atoms with Gasteiger partial charge in [-0.2, -0.15) is 0 Å². The first-order chi connectivity index (χ1) is 13.0. The number of fused-ring (bicyclic) bond motifs is 1. The topological polar surface area (TPSA) is 55.1 Å². The van der Waals surface area contributed by atoms with E-state index in [9.17, 15) is 4.79 Å². The Labute approximate surface area is 161 Å². The molecule has 0 saturated heterocycles. The second-order valence-corrected chi connectivity index (χ2v) is 7.96. The lowest BCUT2D eigenvalue weighted by molar-refractivity contribution is -0.125. The third kappa shape index (κ3) is 3.51. The zero-order valence-electron chi connectivity index (χ0n) is 15.2. The number of rotatable bonds is 5. The Hall–Kier alpha value is -2.92. The molecule has 0 bridgehead atoms. The van der Waals surface area contributed by atoms with Gasteiger partial charge in [-0.1, -0.05) is 42.5 Å². The predicted octanol–water partition coefficient (Wildman–Crippen LogP) is 5.15. The number of hydrogen-bond donors (Lipinski definition) is 1. The number of carbonyl (C=O) groups is 1. The summed E-state index contributed by atoms with van der Waals surface area (Å²) in [6.45, 7) is 4.19. The van der Waals surface area contributed by atoms with E-state index in [1.165, 1.54) is 0 Å². The summed E-state index contributed by atoms with van der Waals surface area (Å²) in [4.78, 5) is 17.3. The molecule has 1 amide bonds. The summed E-state index contributed by atoms with van der Waals surface area (Å²) >= 11 is 1.60. The molecule has 0 aliphatic rings. The normalized spacial score (nSPS) is 11.6. The van der Waals surface area contributed by atoms with Crippen LogP contribution in [0.2, 0.25) is 0 Å². The number of nitrogens with one attached hydrogen (secondary N) is 1. The van der Waals surface area contributed by atoms with Gasteiger partial charge in [-0.15, -0.1) is 11.3 Å². The molecule has 4 nitrogen and oxygen atoms in total. The van der Waals surface area contributed by atoms with Gasteiger partial charge < -0.3 is 9.73 Å². The molecule has 0 fully saturated rings. The molecule has 0 radical (unpaired) electrons. The molecular formula is C22H20N2O2S. The van der Waals surface area contributed by atoms with Crippen LogP contribution in [-0.2, 0) is 16.8 Å². The van der Waals surface area contributed by atoms with Crippen LogP contribution in [0, 0.1) is 0 Å². The summed E-state index contributed by atoms with van der Waals surface area (Å²) in [6, 6.07) is 21.6. The van der Waals surface area contributed by atoms with Gasteiger partial charge in [0.15, 0.2) is 10.8 Å². The fourth-order valence-electron chi connectivity index (χ4n) is 2.94. The first-order valence-electron chi connectivity index (χ1n) is 8.82. The first-order valence-corrected chi connectivity index (χ1v) is 9.64. The molecule has 2 aromatic carbocycles. The largest absolute Gasteiger partial charge is 0.457 e. The van der Waals surface area contributed by atoms with Gasteiger partial charge in [0.05, 0.1) is 22.2 Å². The molecule has 0 aliphatic carbocycles. The zero-order chi connectivity index (χ0) is 18.9. The molecule has 2 heterocycles. The third-order valence-electron chi connectivity index (χ3n) is 4.65. The van der Waals surface area contributed by atoms with Crippen molar-refractivity contribution in [2.24, 2.45) is 0 Å². The summed E-state index contributed by atoms with van der Waals surface area (Å²) in [5.74, 6) is 1.40. The van der Waals surface area contributed by atoms with Crippen molar-refractivity contribution >= 4 is 27.5 Å². The lowest BCUT2D eigenvalue weighted by atomic mass is 9.84. The summed E-state index contributed by atoms with van der Waals surface area (Å²) in [6.07, 6.45) is 0. The molecule has 1 N–H and O–H groups in total. The van der Waals surface area contributed by atoms with Gasteiger partial charge >= 0.3 is 0 Å². The average Bonchev–Trinajstić information content (AvgIpc) is 3.33. The van der Waals surface area contributed by atoms with Crippen LogP contribution in [0.25, 0.3) is 21.0 Å². The summed E-state index contributed by atoms with van der Waals surface area (Å²) in [5.41, 5.74) is 1.34. The van der Waals surface area contributed by atoms with E-state index >= 15 is 0 Å². The molecular weight excluding hydrogens is 356 g/mol. The molecule has 5 heteroatoms. The number of hydrogen-bond acceptors (Lipinski definition) is 4. The van der Waals surface area contributed by atoms with Crippen molar-refractivity contribution in [2.45, 2.75) is 25.8 Å².